The summed E-state index contributed by atoms with van der Waals surface area (Å²) in [4.78, 5) is 11.8. The van der Waals surface area contributed by atoms with Crippen molar-refractivity contribution in [2.45, 2.75) is 20.8 Å². The second-order valence-electron chi connectivity index (χ2n) is 5.04. The van der Waals surface area contributed by atoms with Gasteiger partial charge in [-0.3, -0.25) is 0 Å². The molecule has 0 aliphatic heterocycles. The SMILES string of the molecule is Cc1cc(OC(=O)COc2cc(C)c(Cl)c(C)c2)ccc1Cl. The van der Waals surface area contributed by atoms with Crippen LogP contribution in [0.5, 0.6) is 11.5 Å². The van der Waals surface area contributed by atoms with Crippen LogP contribution in [-0.4, -0.2) is 12.6 Å². The molecule has 0 fully saturated rings. The summed E-state index contributed by atoms with van der Waals surface area (Å²) in [5, 5.41) is 1.33. The predicted molar refractivity (Wildman–Crippen MR) is 88.2 cm³/mol. The highest BCUT2D eigenvalue weighted by atomic mass is 35.5. The molecule has 0 N–H and O–H groups in total. The first kappa shape index (κ1) is 16.7. The number of halogens is 2. The number of hydrogen-bond acceptors (Lipinski definition) is 3. The second kappa shape index (κ2) is 7.03. The Labute approximate surface area is 139 Å². The smallest absolute Gasteiger partial charge is 0.349 e. The molecular weight excluding hydrogens is 323 g/mol. The summed E-state index contributed by atoms with van der Waals surface area (Å²) in [6.45, 7) is 5.44. The first-order valence-electron chi connectivity index (χ1n) is 6.73. The van der Waals surface area contributed by atoms with Gasteiger partial charge in [0.1, 0.15) is 11.5 Å². The van der Waals surface area contributed by atoms with Crippen LogP contribution in [0.25, 0.3) is 0 Å². The van der Waals surface area contributed by atoms with E-state index in [0.717, 1.165) is 16.7 Å². The Balaban J connectivity index is 1.96. The van der Waals surface area contributed by atoms with Gasteiger partial charge in [0.05, 0.1) is 0 Å². The number of hydrogen-bond donors (Lipinski definition) is 0. The Morgan fingerprint density at radius 2 is 1.55 bits per heavy atom. The van der Waals surface area contributed by atoms with Crippen LogP contribution < -0.4 is 9.47 Å². The van der Waals surface area contributed by atoms with Crippen molar-refractivity contribution in [2.75, 3.05) is 6.61 Å². The average Bonchev–Trinajstić information content (AvgIpc) is 2.46. The van der Waals surface area contributed by atoms with Crippen molar-refractivity contribution in [3.05, 3.63) is 57.1 Å². The molecule has 0 bridgehead atoms. The molecule has 0 radical (unpaired) electrons. The van der Waals surface area contributed by atoms with Gasteiger partial charge < -0.3 is 9.47 Å². The van der Waals surface area contributed by atoms with Crippen molar-refractivity contribution in [1.29, 1.82) is 0 Å². The highest BCUT2D eigenvalue weighted by molar-refractivity contribution is 6.32. The maximum absolute atomic E-state index is 11.8. The Hall–Kier alpha value is -1.71. The number of rotatable bonds is 4. The largest absolute Gasteiger partial charge is 0.482 e. The van der Waals surface area contributed by atoms with Crippen molar-refractivity contribution >= 4 is 29.2 Å². The minimum absolute atomic E-state index is 0.178. The van der Waals surface area contributed by atoms with E-state index in [1.165, 1.54) is 0 Å². The van der Waals surface area contributed by atoms with Crippen LogP contribution in [-0.2, 0) is 4.79 Å². The monoisotopic (exact) mass is 338 g/mol. The summed E-state index contributed by atoms with van der Waals surface area (Å²) in [5.74, 6) is 0.551. The van der Waals surface area contributed by atoms with Crippen LogP contribution >= 0.6 is 23.2 Å². The van der Waals surface area contributed by atoms with E-state index in [1.807, 2.05) is 20.8 Å². The molecule has 0 unspecified atom stereocenters. The molecule has 22 heavy (non-hydrogen) atoms. The van der Waals surface area contributed by atoms with Gasteiger partial charge in [0.2, 0.25) is 0 Å². The summed E-state index contributed by atoms with van der Waals surface area (Å²) in [6, 6.07) is 8.61. The van der Waals surface area contributed by atoms with Crippen LogP contribution in [0, 0.1) is 20.8 Å². The fourth-order valence-electron chi connectivity index (χ4n) is 1.97. The first-order valence-corrected chi connectivity index (χ1v) is 7.49. The molecule has 0 aromatic heterocycles. The quantitative estimate of drug-likeness (QED) is 0.587. The molecule has 2 rings (SSSR count). The van der Waals surface area contributed by atoms with Crippen molar-refractivity contribution in [3.63, 3.8) is 0 Å². The zero-order valence-corrected chi connectivity index (χ0v) is 14.1. The van der Waals surface area contributed by atoms with Gasteiger partial charge in [0.25, 0.3) is 0 Å². The normalized spacial score (nSPS) is 10.4. The number of aryl methyl sites for hydroxylation is 3. The van der Waals surface area contributed by atoms with Crippen LogP contribution in [0.4, 0.5) is 0 Å². The molecule has 2 aromatic carbocycles. The summed E-state index contributed by atoms with van der Waals surface area (Å²) >= 11 is 12.0. The Morgan fingerprint density at radius 1 is 0.955 bits per heavy atom. The van der Waals surface area contributed by atoms with Gasteiger partial charge in [-0.25, -0.2) is 4.79 Å². The number of ether oxygens (including phenoxy) is 2. The van der Waals surface area contributed by atoms with Crippen molar-refractivity contribution < 1.29 is 14.3 Å². The number of carbonyl (C=O) groups is 1. The molecule has 0 spiro atoms. The minimum Gasteiger partial charge on any atom is -0.482 e. The maximum Gasteiger partial charge on any atom is 0.349 e. The first-order chi connectivity index (χ1) is 10.4. The van der Waals surface area contributed by atoms with E-state index in [9.17, 15) is 4.79 Å². The van der Waals surface area contributed by atoms with Crippen LogP contribution in [0.1, 0.15) is 16.7 Å². The zero-order chi connectivity index (χ0) is 16.3. The number of carbonyl (C=O) groups excluding carboxylic acids is 1. The third kappa shape index (κ3) is 4.15. The molecule has 0 aliphatic rings. The lowest BCUT2D eigenvalue weighted by Gasteiger charge is -2.10. The van der Waals surface area contributed by atoms with Gasteiger partial charge >= 0.3 is 5.97 Å². The van der Waals surface area contributed by atoms with Gasteiger partial charge in [-0.2, -0.15) is 0 Å². The van der Waals surface area contributed by atoms with Gasteiger partial charge in [-0.05, 0) is 67.8 Å². The molecular formula is C17H16Cl2O3. The van der Waals surface area contributed by atoms with Crippen LogP contribution in [0.3, 0.4) is 0 Å². The van der Waals surface area contributed by atoms with Crippen molar-refractivity contribution in [3.8, 4) is 11.5 Å². The molecule has 0 saturated heterocycles. The summed E-state index contributed by atoms with van der Waals surface area (Å²) in [6.07, 6.45) is 0. The molecule has 0 saturated carbocycles. The summed E-state index contributed by atoms with van der Waals surface area (Å²) in [7, 11) is 0. The fraction of sp³-hybridized carbons (Fsp3) is 0.235. The van der Waals surface area contributed by atoms with E-state index >= 15 is 0 Å². The Morgan fingerprint density at radius 3 is 2.14 bits per heavy atom. The summed E-state index contributed by atoms with van der Waals surface area (Å²) < 4.78 is 10.7. The van der Waals surface area contributed by atoms with E-state index in [4.69, 9.17) is 32.7 Å². The second-order valence-corrected chi connectivity index (χ2v) is 5.83. The average molecular weight is 339 g/mol. The number of esters is 1. The summed E-state index contributed by atoms with van der Waals surface area (Å²) in [5.41, 5.74) is 2.65. The third-order valence-electron chi connectivity index (χ3n) is 3.13. The van der Waals surface area contributed by atoms with Gasteiger partial charge in [0.15, 0.2) is 6.61 Å². The molecule has 116 valence electrons. The highest BCUT2D eigenvalue weighted by Crippen LogP contribution is 2.26. The van der Waals surface area contributed by atoms with E-state index in [1.54, 1.807) is 30.3 Å². The van der Waals surface area contributed by atoms with Crippen LogP contribution in [0.15, 0.2) is 30.3 Å². The number of benzene rings is 2. The molecule has 2 aromatic rings. The molecule has 0 heterocycles. The van der Waals surface area contributed by atoms with Crippen molar-refractivity contribution in [1.82, 2.24) is 0 Å². The van der Waals surface area contributed by atoms with E-state index < -0.39 is 5.97 Å². The molecule has 0 amide bonds. The molecule has 0 aliphatic carbocycles. The topological polar surface area (TPSA) is 35.5 Å². The molecule has 5 heteroatoms. The van der Waals surface area contributed by atoms with E-state index in [-0.39, 0.29) is 6.61 Å². The third-order valence-corrected chi connectivity index (χ3v) is 4.15. The maximum atomic E-state index is 11.8. The molecule has 3 nitrogen and oxygen atoms in total. The lowest BCUT2D eigenvalue weighted by molar-refractivity contribution is -0.136. The van der Waals surface area contributed by atoms with Crippen LogP contribution in [0.2, 0.25) is 10.0 Å². The lowest BCUT2D eigenvalue weighted by atomic mass is 10.1. The minimum atomic E-state index is -0.480. The van der Waals surface area contributed by atoms with Gasteiger partial charge in [0, 0.05) is 10.0 Å². The Bertz CT molecular complexity index is 688. The predicted octanol–water partition coefficient (Wildman–Crippen LogP) is 4.90. The van der Waals surface area contributed by atoms with Gasteiger partial charge in [-0.15, -0.1) is 0 Å². The Kier molecular flexibility index (Phi) is 5.33. The highest BCUT2D eigenvalue weighted by Gasteiger charge is 2.09. The zero-order valence-electron chi connectivity index (χ0n) is 12.6. The molecule has 0 atom stereocenters. The van der Waals surface area contributed by atoms with E-state index in [2.05, 4.69) is 0 Å². The standard InChI is InChI=1S/C17H16Cl2O3/c1-10-6-13(4-5-15(10)18)22-16(20)9-21-14-7-11(2)17(19)12(3)8-14/h4-8H,9H2,1-3H3. The lowest BCUT2D eigenvalue weighted by Crippen LogP contribution is -2.17. The fourth-order valence-corrected chi connectivity index (χ4v) is 2.20. The van der Waals surface area contributed by atoms with E-state index in [0.29, 0.717) is 21.5 Å². The van der Waals surface area contributed by atoms with Gasteiger partial charge in [-0.1, -0.05) is 23.2 Å². The van der Waals surface area contributed by atoms with Crippen molar-refractivity contribution in [2.24, 2.45) is 0 Å².